The van der Waals surface area contributed by atoms with Crippen LogP contribution < -0.4 is 20.1 Å². The van der Waals surface area contributed by atoms with Crippen LogP contribution in [0.4, 0.5) is 11.4 Å². The molecule has 4 rings (SSSR count). The van der Waals surface area contributed by atoms with E-state index in [0.29, 0.717) is 47.3 Å². The first-order chi connectivity index (χ1) is 15.7. The lowest BCUT2D eigenvalue weighted by atomic mass is 9.98. The molecule has 2 aliphatic heterocycles. The molecule has 33 heavy (non-hydrogen) atoms. The third-order valence-corrected chi connectivity index (χ3v) is 7.85. The van der Waals surface area contributed by atoms with Gasteiger partial charge >= 0.3 is 0 Å². The molecule has 1 fully saturated rings. The maximum absolute atomic E-state index is 13.3. The lowest BCUT2D eigenvalue weighted by Gasteiger charge is -2.31. The van der Waals surface area contributed by atoms with Crippen LogP contribution in [0.1, 0.15) is 19.8 Å². The van der Waals surface area contributed by atoms with E-state index in [1.54, 1.807) is 25.1 Å². The Morgan fingerprint density at radius 1 is 1.27 bits per heavy atom. The molecule has 9 nitrogen and oxygen atoms in total. The molecule has 2 aromatic carbocycles. The highest BCUT2D eigenvalue weighted by Crippen LogP contribution is 2.34. The minimum absolute atomic E-state index is 0.0303. The first-order valence-electron chi connectivity index (χ1n) is 10.4. The number of nitrogens with zero attached hydrogens (tertiary/aromatic N) is 1. The zero-order chi connectivity index (χ0) is 23.8. The quantitative estimate of drug-likeness (QED) is 0.661. The second kappa shape index (κ2) is 9.20. The monoisotopic (exact) mass is 493 g/mol. The highest BCUT2D eigenvalue weighted by atomic mass is 35.5. The zero-order valence-corrected chi connectivity index (χ0v) is 19.7. The molecule has 0 bridgehead atoms. The highest BCUT2D eigenvalue weighted by Gasteiger charge is 2.34. The number of fused-ring (bicyclic) bond motifs is 1. The summed E-state index contributed by atoms with van der Waals surface area (Å²) in [4.78, 5) is 24.7. The number of hydrogen-bond acceptors (Lipinski definition) is 6. The maximum Gasteiger partial charge on any atom is 0.265 e. The molecule has 2 atom stereocenters. The van der Waals surface area contributed by atoms with Crippen LogP contribution in [0.25, 0.3) is 0 Å². The number of benzene rings is 2. The van der Waals surface area contributed by atoms with E-state index in [1.165, 1.54) is 29.6 Å². The van der Waals surface area contributed by atoms with E-state index in [0.717, 1.165) is 0 Å². The van der Waals surface area contributed by atoms with Crippen molar-refractivity contribution in [1.82, 2.24) is 4.31 Å². The highest BCUT2D eigenvalue weighted by molar-refractivity contribution is 7.89. The summed E-state index contributed by atoms with van der Waals surface area (Å²) < 4.78 is 38.4. The minimum atomic E-state index is -3.87. The van der Waals surface area contributed by atoms with Crippen LogP contribution in [0, 0.1) is 5.92 Å². The Labute approximate surface area is 197 Å². The average molecular weight is 494 g/mol. The second-order valence-corrected chi connectivity index (χ2v) is 10.3. The molecule has 11 heteroatoms. The van der Waals surface area contributed by atoms with Crippen molar-refractivity contribution in [2.45, 2.75) is 30.8 Å². The number of anilines is 2. The van der Waals surface area contributed by atoms with Crippen LogP contribution >= 0.6 is 11.6 Å². The summed E-state index contributed by atoms with van der Waals surface area (Å²) in [5.41, 5.74) is 0.812. The van der Waals surface area contributed by atoms with Crippen LogP contribution in [0.15, 0.2) is 41.3 Å². The number of methoxy groups -OCH3 is 1. The molecule has 1 saturated heterocycles. The summed E-state index contributed by atoms with van der Waals surface area (Å²) >= 11 is 6.12. The van der Waals surface area contributed by atoms with Gasteiger partial charge in [-0.25, -0.2) is 8.42 Å². The van der Waals surface area contributed by atoms with Crippen LogP contribution in [0.3, 0.4) is 0 Å². The van der Waals surface area contributed by atoms with Gasteiger partial charge in [-0.1, -0.05) is 11.6 Å². The molecule has 0 saturated carbocycles. The Kier molecular flexibility index (Phi) is 6.51. The number of halogens is 1. The molecule has 2 N–H and O–H groups in total. The van der Waals surface area contributed by atoms with Gasteiger partial charge in [0.05, 0.1) is 28.6 Å². The molecule has 0 radical (unpaired) electrons. The first-order valence-corrected chi connectivity index (χ1v) is 12.3. The molecule has 0 spiro atoms. The molecule has 176 valence electrons. The van der Waals surface area contributed by atoms with Crippen LogP contribution in [-0.2, 0) is 19.6 Å². The topological polar surface area (TPSA) is 114 Å². The Bertz CT molecular complexity index is 1200. The molecular formula is C22H24ClN3O6S. The summed E-state index contributed by atoms with van der Waals surface area (Å²) in [7, 11) is -2.37. The van der Waals surface area contributed by atoms with Gasteiger partial charge < -0.3 is 20.1 Å². The SMILES string of the molecule is COc1ccc(NC(=O)[C@H]2CCCN(S(=O)(=O)c3ccc4c(c3)NC(=O)[C@H](C)O4)C2)cc1Cl. The number of rotatable bonds is 5. The van der Waals surface area contributed by atoms with E-state index >= 15 is 0 Å². The predicted molar refractivity (Wildman–Crippen MR) is 123 cm³/mol. The minimum Gasteiger partial charge on any atom is -0.495 e. The Morgan fingerprint density at radius 3 is 2.79 bits per heavy atom. The predicted octanol–water partition coefficient (Wildman–Crippen LogP) is 3.11. The maximum atomic E-state index is 13.3. The van der Waals surface area contributed by atoms with E-state index < -0.39 is 22.0 Å². The van der Waals surface area contributed by atoms with Gasteiger partial charge in [0.25, 0.3) is 5.91 Å². The number of ether oxygens (including phenoxy) is 2. The number of carbonyl (C=O) groups excluding carboxylic acids is 2. The van der Waals surface area contributed by atoms with Gasteiger partial charge in [0, 0.05) is 18.8 Å². The van der Waals surface area contributed by atoms with Crippen molar-refractivity contribution in [1.29, 1.82) is 0 Å². The van der Waals surface area contributed by atoms with Crippen molar-refractivity contribution in [3.05, 3.63) is 41.4 Å². The van der Waals surface area contributed by atoms with Gasteiger partial charge in [0.15, 0.2) is 6.10 Å². The van der Waals surface area contributed by atoms with Gasteiger partial charge in [-0.05, 0) is 56.2 Å². The first kappa shape index (κ1) is 23.3. The lowest BCUT2D eigenvalue weighted by molar-refractivity contribution is -0.123. The molecule has 0 aliphatic carbocycles. The Hall–Kier alpha value is -2.82. The van der Waals surface area contributed by atoms with Crippen LogP contribution in [0.5, 0.6) is 11.5 Å². The van der Waals surface area contributed by atoms with E-state index in [2.05, 4.69) is 10.6 Å². The van der Waals surface area contributed by atoms with Crippen molar-refractivity contribution < 1.29 is 27.5 Å². The summed E-state index contributed by atoms with van der Waals surface area (Å²) in [5.74, 6) is -0.238. The molecule has 2 aromatic rings. The smallest absolute Gasteiger partial charge is 0.265 e. The number of nitrogens with one attached hydrogen (secondary N) is 2. The summed E-state index contributed by atoms with van der Waals surface area (Å²) in [6.07, 6.45) is 0.457. The van der Waals surface area contributed by atoms with Crippen molar-refractivity contribution >= 4 is 44.8 Å². The third kappa shape index (κ3) is 4.78. The molecule has 2 heterocycles. The summed E-state index contributed by atoms with van der Waals surface area (Å²) in [6.45, 7) is 1.97. The van der Waals surface area contributed by atoms with Gasteiger partial charge in [-0.15, -0.1) is 0 Å². The largest absolute Gasteiger partial charge is 0.495 e. The average Bonchev–Trinajstić information content (AvgIpc) is 2.79. The number of piperidine rings is 1. The van der Waals surface area contributed by atoms with E-state index in [4.69, 9.17) is 21.1 Å². The zero-order valence-electron chi connectivity index (χ0n) is 18.1. The van der Waals surface area contributed by atoms with E-state index in [9.17, 15) is 18.0 Å². The normalized spacial score (nSPS) is 20.9. The molecular weight excluding hydrogens is 470 g/mol. The van der Waals surface area contributed by atoms with Gasteiger partial charge in [0.1, 0.15) is 11.5 Å². The van der Waals surface area contributed by atoms with Gasteiger partial charge in [-0.2, -0.15) is 4.31 Å². The van der Waals surface area contributed by atoms with Crippen LogP contribution in [-0.4, -0.2) is 50.8 Å². The van der Waals surface area contributed by atoms with Crippen molar-refractivity contribution in [3.8, 4) is 11.5 Å². The van der Waals surface area contributed by atoms with E-state index in [-0.39, 0.29) is 23.3 Å². The number of amides is 2. The molecule has 0 unspecified atom stereocenters. The summed E-state index contributed by atoms with van der Waals surface area (Å²) in [5, 5.41) is 5.82. The van der Waals surface area contributed by atoms with Crippen molar-refractivity contribution in [2.24, 2.45) is 5.92 Å². The molecule has 2 aliphatic rings. The number of sulfonamides is 1. The summed E-state index contributed by atoms with van der Waals surface area (Å²) in [6, 6.07) is 9.26. The van der Waals surface area contributed by atoms with E-state index in [1.807, 2.05) is 0 Å². The third-order valence-electron chi connectivity index (χ3n) is 5.69. The fourth-order valence-corrected chi connectivity index (χ4v) is 5.67. The Morgan fingerprint density at radius 2 is 2.06 bits per heavy atom. The number of hydrogen-bond donors (Lipinski definition) is 2. The number of carbonyl (C=O) groups is 2. The lowest BCUT2D eigenvalue weighted by Crippen LogP contribution is -2.43. The fraction of sp³-hybridized carbons (Fsp3) is 0.364. The fourth-order valence-electron chi connectivity index (χ4n) is 3.86. The van der Waals surface area contributed by atoms with Crippen molar-refractivity contribution in [3.63, 3.8) is 0 Å². The molecule has 2 amide bonds. The van der Waals surface area contributed by atoms with Crippen LogP contribution in [0.2, 0.25) is 5.02 Å². The second-order valence-electron chi connectivity index (χ2n) is 7.95. The van der Waals surface area contributed by atoms with Gasteiger partial charge in [-0.3, -0.25) is 9.59 Å². The Balaban J connectivity index is 1.48. The van der Waals surface area contributed by atoms with Crippen molar-refractivity contribution in [2.75, 3.05) is 30.8 Å². The standard InChI is InChI=1S/C22H24ClN3O6S/c1-13-21(27)25-18-11-16(6-8-20(18)32-13)33(29,30)26-9-3-4-14(12-26)22(28)24-15-5-7-19(31-2)17(23)10-15/h5-8,10-11,13-14H,3-4,9,12H2,1-2H3,(H,24,28)(H,25,27)/t13-,14-/m0/s1. The molecule has 0 aromatic heterocycles. The van der Waals surface area contributed by atoms with Gasteiger partial charge in [0.2, 0.25) is 15.9 Å².